The van der Waals surface area contributed by atoms with Crippen molar-refractivity contribution in [1.29, 1.82) is 0 Å². The zero-order valence-corrected chi connectivity index (χ0v) is 5.74. The molecule has 0 atom stereocenters. The third kappa shape index (κ3) is 2.65. The van der Waals surface area contributed by atoms with Gasteiger partial charge in [-0.3, -0.25) is 0 Å². The highest BCUT2D eigenvalue weighted by atomic mass is 16.4. The summed E-state index contributed by atoms with van der Waals surface area (Å²) >= 11 is 0. The van der Waals surface area contributed by atoms with E-state index in [2.05, 4.69) is 20.8 Å². The standard InChI is InChI=1S/C5H8N4O2/c10-4(11)3-8-9-5-6-1-2-7-5/h3H,1-2H2,(H,10,11)(H2,6,7,9). The summed E-state index contributed by atoms with van der Waals surface area (Å²) in [5.41, 5.74) is 2.44. The van der Waals surface area contributed by atoms with Crippen LogP contribution in [0.4, 0.5) is 0 Å². The number of hydrogen-bond donors (Lipinski definition) is 3. The number of carboxylic acids is 1. The molecular weight excluding hydrogens is 148 g/mol. The summed E-state index contributed by atoms with van der Waals surface area (Å²) < 4.78 is 0. The molecule has 3 N–H and O–H groups in total. The fourth-order valence-corrected chi connectivity index (χ4v) is 0.621. The van der Waals surface area contributed by atoms with Crippen LogP contribution in [0, 0.1) is 0 Å². The molecule has 0 radical (unpaired) electrons. The molecule has 1 rings (SSSR count). The van der Waals surface area contributed by atoms with E-state index in [0.717, 1.165) is 12.8 Å². The lowest BCUT2D eigenvalue weighted by Gasteiger charge is -1.96. The number of nitrogens with zero attached hydrogens (tertiary/aromatic N) is 2. The highest BCUT2D eigenvalue weighted by Gasteiger charge is 2.01. The molecule has 0 aromatic carbocycles. The Morgan fingerprint density at radius 2 is 2.73 bits per heavy atom. The van der Waals surface area contributed by atoms with Gasteiger partial charge >= 0.3 is 5.97 Å². The lowest BCUT2D eigenvalue weighted by Crippen LogP contribution is -2.30. The smallest absolute Gasteiger partial charge is 0.348 e. The molecule has 11 heavy (non-hydrogen) atoms. The van der Waals surface area contributed by atoms with Crippen molar-refractivity contribution in [3.63, 3.8) is 0 Å². The van der Waals surface area contributed by atoms with Gasteiger partial charge in [0.05, 0.1) is 6.54 Å². The minimum atomic E-state index is -1.09. The Kier molecular flexibility index (Phi) is 2.42. The average molecular weight is 156 g/mol. The molecule has 1 aliphatic rings. The van der Waals surface area contributed by atoms with Gasteiger partial charge in [-0.25, -0.2) is 15.2 Å². The maximum absolute atomic E-state index is 9.92. The Morgan fingerprint density at radius 3 is 3.27 bits per heavy atom. The van der Waals surface area contributed by atoms with Crippen molar-refractivity contribution in [3.8, 4) is 0 Å². The van der Waals surface area contributed by atoms with Crippen LogP contribution in [-0.4, -0.2) is 36.3 Å². The topological polar surface area (TPSA) is 86.1 Å². The Labute approximate surface area is 63.0 Å². The molecule has 6 heteroatoms. The van der Waals surface area contributed by atoms with Crippen molar-refractivity contribution in [2.45, 2.75) is 0 Å². The van der Waals surface area contributed by atoms with Gasteiger partial charge in [-0.2, -0.15) is 5.10 Å². The largest absolute Gasteiger partial charge is 0.477 e. The predicted molar refractivity (Wildman–Crippen MR) is 39.6 cm³/mol. The van der Waals surface area contributed by atoms with Gasteiger partial charge in [0.1, 0.15) is 6.21 Å². The number of aliphatic imine (C=N–C) groups is 1. The van der Waals surface area contributed by atoms with Crippen molar-refractivity contribution in [1.82, 2.24) is 10.7 Å². The number of hydrogen-bond acceptors (Lipinski definition) is 5. The highest BCUT2D eigenvalue weighted by molar-refractivity contribution is 6.22. The molecule has 0 bridgehead atoms. The normalized spacial score (nSPS) is 16.2. The molecule has 0 saturated heterocycles. The van der Waals surface area contributed by atoms with E-state index >= 15 is 0 Å². The minimum absolute atomic E-state index is 0.516. The molecule has 0 saturated carbocycles. The van der Waals surface area contributed by atoms with E-state index in [1.54, 1.807) is 0 Å². The summed E-state index contributed by atoms with van der Waals surface area (Å²) in [7, 11) is 0. The number of rotatable bonds is 2. The van der Waals surface area contributed by atoms with Gasteiger partial charge in [0.15, 0.2) is 0 Å². The quantitative estimate of drug-likeness (QED) is 0.339. The Hall–Kier alpha value is -1.59. The summed E-state index contributed by atoms with van der Waals surface area (Å²) in [5, 5.41) is 14.4. The van der Waals surface area contributed by atoms with Crippen molar-refractivity contribution in [2.24, 2.45) is 10.1 Å². The van der Waals surface area contributed by atoms with Crippen LogP contribution in [0.1, 0.15) is 0 Å². The van der Waals surface area contributed by atoms with Crippen LogP contribution in [0.2, 0.25) is 0 Å². The second-order valence-corrected chi connectivity index (χ2v) is 1.87. The number of aliphatic carboxylic acids is 1. The number of carbonyl (C=O) groups is 1. The molecule has 0 aromatic rings. The maximum Gasteiger partial charge on any atom is 0.348 e. The molecule has 0 spiro atoms. The van der Waals surface area contributed by atoms with Gasteiger partial charge in [-0.15, -0.1) is 0 Å². The molecule has 60 valence electrons. The number of hydrazone groups is 1. The van der Waals surface area contributed by atoms with E-state index in [4.69, 9.17) is 5.11 Å². The summed E-state index contributed by atoms with van der Waals surface area (Å²) in [6.07, 6.45) is 0.766. The molecule has 1 heterocycles. The fourth-order valence-electron chi connectivity index (χ4n) is 0.621. The van der Waals surface area contributed by atoms with Crippen LogP contribution in [0.15, 0.2) is 10.1 Å². The minimum Gasteiger partial charge on any atom is -0.477 e. The first kappa shape index (κ1) is 7.52. The monoisotopic (exact) mass is 156 g/mol. The molecule has 0 amide bonds. The van der Waals surface area contributed by atoms with Crippen molar-refractivity contribution >= 4 is 18.1 Å². The van der Waals surface area contributed by atoms with E-state index in [-0.39, 0.29) is 0 Å². The van der Waals surface area contributed by atoms with Gasteiger partial charge < -0.3 is 10.4 Å². The van der Waals surface area contributed by atoms with E-state index in [0.29, 0.717) is 12.5 Å². The second kappa shape index (κ2) is 3.55. The van der Waals surface area contributed by atoms with Crippen molar-refractivity contribution in [3.05, 3.63) is 0 Å². The third-order valence-corrected chi connectivity index (χ3v) is 1.02. The van der Waals surface area contributed by atoms with Crippen molar-refractivity contribution < 1.29 is 9.90 Å². The van der Waals surface area contributed by atoms with Gasteiger partial charge in [-0.1, -0.05) is 0 Å². The van der Waals surface area contributed by atoms with Gasteiger partial charge in [0.2, 0.25) is 5.96 Å². The van der Waals surface area contributed by atoms with Gasteiger partial charge in [-0.05, 0) is 0 Å². The van der Waals surface area contributed by atoms with E-state index in [9.17, 15) is 4.79 Å². The first-order valence-corrected chi connectivity index (χ1v) is 3.09. The lowest BCUT2D eigenvalue weighted by atomic mass is 10.7. The van der Waals surface area contributed by atoms with Crippen LogP contribution < -0.4 is 10.7 Å². The summed E-state index contributed by atoms with van der Waals surface area (Å²) in [5.74, 6) is -0.571. The fraction of sp³-hybridized carbons (Fsp3) is 0.400. The molecule has 0 fully saturated rings. The van der Waals surface area contributed by atoms with E-state index in [1.807, 2.05) is 0 Å². The van der Waals surface area contributed by atoms with Crippen LogP contribution >= 0.6 is 0 Å². The summed E-state index contributed by atoms with van der Waals surface area (Å²) in [6.45, 7) is 1.47. The molecule has 0 aliphatic carbocycles. The highest BCUT2D eigenvalue weighted by Crippen LogP contribution is 1.79. The third-order valence-electron chi connectivity index (χ3n) is 1.02. The lowest BCUT2D eigenvalue weighted by molar-refractivity contribution is -0.128. The predicted octanol–water partition coefficient (Wildman–Crippen LogP) is -1.39. The molecular formula is C5H8N4O2. The van der Waals surface area contributed by atoms with E-state index in [1.165, 1.54) is 0 Å². The van der Waals surface area contributed by atoms with Gasteiger partial charge in [0.25, 0.3) is 0 Å². The average Bonchev–Trinajstić information content (AvgIpc) is 2.39. The first-order valence-electron chi connectivity index (χ1n) is 3.09. The van der Waals surface area contributed by atoms with Gasteiger partial charge in [0, 0.05) is 6.54 Å². The maximum atomic E-state index is 9.92. The van der Waals surface area contributed by atoms with Crippen LogP contribution in [0.25, 0.3) is 0 Å². The van der Waals surface area contributed by atoms with Crippen LogP contribution in [0.3, 0.4) is 0 Å². The molecule has 0 aromatic heterocycles. The zero-order valence-electron chi connectivity index (χ0n) is 5.74. The molecule has 6 nitrogen and oxygen atoms in total. The Bertz CT molecular complexity index is 211. The van der Waals surface area contributed by atoms with Crippen LogP contribution in [0.5, 0.6) is 0 Å². The van der Waals surface area contributed by atoms with Crippen LogP contribution in [-0.2, 0) is 4.79 Å². The molecule has 1 aliphatic heterocycles. The number of guanidine groups is 1. The first-order chi connectivity index (χ1) is 5.29. The number of carboxylic acid groups (broad SMARTS) is 1. The van der Waals surface area contributed by atoms with Crippen molar-refractivity contribution in [2.75, 3.05) is 13.1 Å². The second-order valence-electron chi connectivity index (χ2n) is 1.87. The number of nitrogens with one attached hydrogen (secondary N) is 2. The molecule has 0 unspecified atom stereocenters. The van der Waals surface area contributed by atoms with E-state index < -0.39 is 5.97 Å². The SMILES string of the molecule is O=C(O)C=NNC1=NCCN1. The Morgan fingerprint density at radius 1 is 1.91 bits per heavy atom. The zero-order chi connectivity index (χ0) is 8.10. The summed E-state index contributed by atoms with van der Waals surface area (Å²) in [6, 6.07) is 0. The Balaban J connectivity index is 2.26. The summed E-state index contributed by atoms with van der Waals surface area (Å²) in [4.78, 5) is 13.8.